The summed E-state index contributed by atoms with van der Waals surface area (Å²) >= 11 is 0. The standard InChI is InChI=1S/C11H15N3O4S.ClH/c1-12-9-5-6-13(8-9)19(17,18)11-4-2-3-10(7-11)14(15)16;/h2-4,7,9,12H,5-6,8H2,1H3;1H. The van der Waals surface area contributed by atoms with Crippen LogP contribution in [0.2, 0.25) is 0 Å². The van der Waals surface area contributed by atoms with Gasteiger partial charge in [0, 0.05) is 31.3 Å². The lowest BCUT2D eigenvalue weighted by Gasteiger charge is -2.16. The van der Waals surface area contributed by atoms with E-state index in [1.165, 1.54) is 22.5 Å². The van der Waals surface area contributed by atoms with E-state index in [0.29, 0.717) is 13.1 Å². The highest BCUT2D eigenvalue weighted by molar-refractivity contribution is 7.89. The van der Waals surface area contributed by atoms with Crippen molar-refractivity contribution in [2.75, 3.05) is 20.1 Å². The minimum absolute atomic E-state index is 0. The van der Waals surface area contributed by atoms with E-state index in [9.17, 15) is 18.5 Å². The van der Waals surface area contributed by atoms with Crippen molar-refractivity contribution < 1.29 is 13.3 Å². The van der Waals surface area contributed by atoms with E-state index in [1.54, 1.807) is 7.05 Å². The van der Waals surface area contributed by atoms with Crippen molar-refractivity contribution in [3.8, 4) is 0 Å². The Kier molecular flexibility index (Phi) is 5.46. The van der Waals surface area contributed by atoms with Crippen LogP contribution in [0.15, 0.2) is 29.2 Å². The number of likely N-dealkylation sites (N-methyl/N-ethyl adjacent to an activating group) is 1. The normalized spacial score (nSPS) is 19.6. The molecule has 0 aromatic heterocycles. The fraction of sp³-hybridized carbons (Fsp3) is 0.455. The summed E-state index contributed by atoms with van der Waals surface area (Å²) in [6.07, 6.45) is 0.741. The Morgan fingerprint density at radius 2 is 2.15 bits per heavy atom. The van der Waals surface area contributed by atoms with Gasteiger partial charge in [-0.1, -0.05) is 6.07 Å². The summed E-state index contributed by atoms with van der Waals surface area (Å²) in [4.78, 5) is 10.1. The van der Waals surface area contributed by atoms with Crippen molar-refractivity contribution in [2.24, 2.45) is 0 Å². The molecule has 2 rings (SSSR count). The highest BCUT2D eigenvalue weighted by atomic mass is 35.5. The minimum atomic E-state index is -3.65. The molecule has 1 heterocycles. The molecular weight excluding hydrogens is 306 g/mol. The van der Waals surface area contributed by atoms with Crippen LogP contribution in [0.25, 0.3) is 0 Å². The summed E-state index contributed by atoms with van der Waals surface area (Å²) in [6.45, 7) is 0.818. The third-order valence-corrected chi connectivity index (χ3v) is 5.09. The van der Waals surface area contributed by atoms with Gasteiger partial charge in [-0.2, -0.15) is 4.31 Å². The topological polar surface area (TPSA) is 92.6 Å². The lowest BCUT2D eigenvalue weighted by Crippen LogP contribution is -2.33. The van der Waals surface area contributed by atoms with Gasteiger partial charge in [0.2, 0.25) is 10.0 Å². The second-order valence-electron chi connectivity index (χ2n) is 4.39. The van der Waals surface area contributed by atoms with Gasteiger partial charge in [0.25, 0.3) is 5.69 Å². The van der Waals surface area contributed by atoms with Crippen molar-refractivity contribution in [1.29, 1.82) is 0 Å². The van der Waals surface area contributed by atoms with Crippen molar-refractivity contribution in [2.45, 2.75) is 17.4 Å². The SMILES string of the molecule is CNC1CCN(S(=O)(=O)c2cccc([N+](=O)[O-])c2)C1.Cl. The molecule has 1 saturated heterocycles. The van der Waals surface area contributed by atoms with Crippen LogP contribution in [-0.2, 0) is 10.0 Å². The fourth-order valence-corrected chi connectivity index (χ4v) is 3.63. The second kappa shape index (κ2) is 6.49. The van der Waals surface area contributed by atoms with Gasteiger partial charge in [0.15, 0.2) is 0 Å². The van der Waals surface area contributed by atoms with Crippen LogP contribution in [-0.4, -0.2) is 43.8 Å². The van der Waals surface area contributed by atoms with Gasteiger partial charge in [0.1, 0.15) is 0 Å². The lowest BCUT2D eigenvalue weighted by molar-refractivity contribution is -0.385. The van der Waals surface area contributed by atoms with Crippen LogP contribution >= 0.6 is 12.4 Å². The molecule has 1 unspecified atom stereocenters. The van der Waals surface area contributed by atoms with Crippen LogP contribution in [0, 0.1) is 10.1 Å². The van der Waals surface area contributed by atoms with Crippen LogP contribution in [0.5, 0.6) is 0 Å². The first-order valence-electron chi connectivity index (χ1n) is 5.87. The number of hydrogen-bond donors (Lipinski definition) is 1. The van der Waals surface area contributed by atoms with Gasteiger partial charge < -0.3 is 5.32 Å². The second-order valence-corrected chi connectivity index (χ2v) is 6.33. The van der Waals surface area contributed by atoms with Gasteiger partial charge >= 0.3 is 0 Å². The number of hydrogen-bond acceptors (Lipinski definition) is 5. The number of halogens is 1. The van der Waals surface area contributed by atoms with E-state index in [1.807, 2.05) is 0 Å². The molecule has 112 valence electrons. The molecule has 9 heteroatoms. The Balaban J connectivity index is 0.00000200. The zero-order valence-corrected chi connectivity index (χ0v) is 12.5. The predicted octanol–water partition coefficient (Wildman–Crippen LogP) is 0.999. The first-order chi connectivity index (χ1) is 8.95. The van der Waals surface area contributed by atoms with E-state index >= 15 is 0 Å². The highest BCUT2D eigenvalue weighted by Gasteiger charge is 2.32. The number of rotatable bonds is 4. The average molecular weight is 322 g/mol. The van der Waals surface area contributed by atoms with E-state index in [4.69, 9.17) is 0 Å². The number of nitro benzene ring substituents is 1. The molecule has 0 spiro atoms. The Bertz CT molecular complexity index is 593. The number of nitrogens with zero attached hydrogens (tertiary/aromatic N) is 2. The zero-order chi connectivity index (χ0) is 14.0. The maximum Gasteiger partial charge on any atom is 0.270 e. The monoisotopic (exact) mass is 321 g/mol. The molecule has 0 aliphatic carbocycles. The average Bonchev–Trinajstić information content (AvgIpc) is 2.88. The maximum atomic E-state index is 12.3. The number of sulfonamides is 1. The van der Waals surface area contributed by atoms with E-state index in [2.05, 4.69) is 5.32 Å². The van der Waals surface area contributed by atoms with Crippen molar-refractivity contribution >= 4 is 28.1 Å². The molecule has 1 aromatic rings. The maximum absolute atomic E-state index is 12.3. The number of nitrogens with one attached hydrogen (secondary N) is 1. The summed E-state index contributed by atoms with van der Waals surface area (Å²) in [5.41, 5.74) is -0.217. The molecule has 1 N–H and O–H groups in total. The first-order valence-corrected chi connectivity index (χ1v) is 7.31. The summed E-state index contributed by atoms with van der Waals surface area (Å²) in [7, 11) is -1.86. The van der Waals surface area contributed by atoms with Crippen molar-refractivity contribution in [3.05, 3.63) is 34.4 Å². The molecular formula is C11H16ClN3O4S. The molecule has 1 aliphatic rings. The van der Waals surface area contributed by atoms with Crippen LogP contribution in [0.4, 0.5) is 5.69 Å². The van der Waals surface area contributed by atoms with Gasteiger partial charge in [-0.3, -0.25) is 10.1 Å². The molecule has 1 atom stereocenters. The summed E-state index contributed by atoms with van der Waals surface area (Å²) in [5.74, 6) is 0. The molecule has 1 aliphatic heterocycles. The first kappa shape index (κ1) is 16.8. The van der Waals surface area contributed by atoms with E-state index in [0.717, 1.165) is 12.5 Å². The van der Waals surface area contributed by atoms with E-state index < -0.39 is 14.9 Å². The zero-order valence-electron chi connectivity index (χ0n) is 10.9. The van der Waals surface area contributed by atoms with E-state index in [-0.39, 0.29) is 29.0 Å². The van der Waals surface area contributed by atoms with Crippen LogP contribution in [0.3, 0.4) is 0 Å². The summed E-state index contributed by atoms with van der Waals surface area (Å²) < 4.78 is 26.0. The Morgan fingerprint density at radius 1 is 1.45 bits per heavy atom. The van der Waals surface area contributed by atoms with Crippen LogP contribution < -0.4 is 5.32 Å². The lowest BCUT2D eigenvalue weighted by atomic mass is 10.3. The molecule has 7 nitrogen and oxygen atoms in total. The van der Waals surface area contributed by atoms with Crippen molar-refractivity contribution in [1.82, 2.24) is 9.62 Å². The van der Waals surface area contributed by atoms with Gasteiger partial charge in [-0.25, -0.2) is 8.42 Å². The molecule has 0 amide bonds. The summed E-state index contributed by atoms with van der Waals surface area (Å²) in [5, 5.41) is 13.7. The molecule has 0 radical (unpaired) electrons. The Morgan fingerprint density at radius 3 is 2.70 bits per heavy atom. The molecule has 0 saturated carbocycles. The molecule has 0 bridgehead atoms. The number of nitro groups is 1. The quantitative estimate of drug-likeness (QED) is 0.659. The molecule has 20 heavy (non-hydrogen) atoms. The molecule has 1 aromatic carbocycles. The predicted molar refractivity (Wildman–Crippen MR) is 76.6 cm³/mol. The third kappa shape index (κ3) is 3.26. The van der Waals surface area contributed by atoms with Crippen LogP contribution in [0.1, 0.15) is 6.42 Å². The smallest absolute Gasteiger partial charge is 0.270 e. The fourth-order valence-electron chi connectivity index (χ4n) is 2.09. The van der Waals surface area contributed by atoms with Gasteiger partial charge in [-0.05, 0) is 19.5 Å². The minimum Gasteiger partial charge on any atom is -0.316 e. The summed E-state index contributed by atoms with van der Waals surface area (Å²) in [6, 6.07) is 5.28. The van der Waals surface area contributed by atoms with Gasteiger partial charge in [0.05, 0.1) is 9.82 Å². The van der Waals surface area contributed by atoms with Gasteiger partial charge in [-0.15, -0.1) is 12.4 Å². The Labute approximate surface area is 123 Å². The number of benzene rings is 1. The van der Waals surface area contributed by atoms with Crippen molar-refractivity contribution in [3.63, 3.8) is 0 Å². The highest BCUT2D eigenvalue weighted by Crippen LogP contribution is 2.23. The third-order valence-electron chi connectivity index (χ3n) is 3.23. The Hall–Kier alpha value is -1.22. The molecule has 1 fully saturated rings. The largest absolute Gasteiger partial charge is 0.316 e. The number of non-ortho nitro benzene ring substituents is 1.